The number of aromatic nitrogens is 1. The van der Waals surface area contributed by atoms with Crippen LogP contribution in [0.25, 0.3) is 6.08 Å². The molecule has 1 aromatic carbocycles. The molecule has 11 heteroatoms. The molecule has 1 spiro atoms. The van der Waals surface area contributed by atoms with Gasteiger partial charge in [0.15, 0.2) is 0 Å². The lowest BCUT2D eigenvalue weighted by Gasteiger charge is -2.70. The average molecular weight is 702 g/mol. The summed E-state index contributed by atoms with van der Waals surface area (Å²) in [6.45, 7) is 7.21. The van der Waals surface area contributed by atoms with Crippen molar-refractivity contribution in [2.24, 2.45) is 29.1 Å². The number of amides is 1. The van der Waals surface area contributed by atoms with Crippen LogP contribution in [0.4, 0.5) is 5.69 Å². The van der Waals surface area contributed by atoms with E-state index >= 15 is 0 Å². The molecule has 5 saturated carbocycles. The van der Waals surface area contributed by atoms with Crippen molar-refractivity contribution in [3.05, 3.63) is 65.0 Å². The highest BCUT2D eigenvalue weighted by Gasteiger charge is 2.89. The zero-order valence-electron chi connectivity index (χ0n) is 30.4. The summed E-state index contributed by atoms with van der Waals surface area (Å²) in [5.41, 5.74) is -1.24. The Labute approximate surface area is 299 Å². The predicted octanol–water partition coefficient (Wildman–Crippen LogP) is 3.93. The summed E-state index contributed by atoms with van der Waals surface area (Å²) in [6.07, 6.45) is 4.79. The third kappa shape index (κ3) is 4.61. The van der Waals surface area contributed by atoms with Crippen molar-refractivity contribution >= 4 is 23.6 Å². The number of ether oxygens (including phenoxy) is 4. The molecule has 1 aromatic heterocycles. The Morgan fingerprint density at radius 1 is 1.06 bits per heavy atom. The molecule has 51 heavy (non-hydrogen) atoms. The van der Waals surface area contributed by atoms with Crippen molar-refractivity contribution in [2.45, 2.75) is 94.0 Å². The number of pyridine rings is 1. The van der Waals surface area contributed by atoms with E-state index in [0.29, 0.717) is 56.6 Å². The highest BCUT2D eigenvalue weighted by atomic mass is 16.6. The first-order valence-electron chi connectivity index (χ1n) is 18.5. The second-order valence-electron chi connectivity index (χ2n) is 16.0. The molecule has 274 valence electrons. The van der Waals surface area contributed by atoms with Crippen LogP contribution in [0.2, 0.25) is 0 Å². The molecule has 6 aliphatic rings. The molecule has 5 aliphatic carbocycles. The fourth-order valence-corrected chi connectivity index (χ4v) is 12.7. The van der Waals surface area contributed by atoms with Crippen molar-refractivity contribution in [1.29, 1.82) is 0 Å². The number of hydrogen-bond donors (Lipinski definition) is 3. The first kappa shape index (κ1) is 34.9. The third-order valence-corrected chi connectivity index (χ3v) is 14.1. The second kappa shape index (κ2) is 12.2. The van der Waals surface area contributed by atoms with Crippen LogP contribution in [0.5, 0.6) is 0 Å². The molecule has 12 atom stereocenters. The summed E-state index contributed by atoms with van der Waals surface area (Å²) in [6, 6.07) is 10.7. The van der Waals surface area contributed by atoms with E-state index in [1.54, 1.807) is 51.7 Å². The standard InChI is InChI=1S/C40H51N3O8/c1-7-43-21-37(51-36(45)25-10-8-9-11-28(25)42-33(44)13-12-24-17-22(2)16-23(3)41-24)15-14-32(49-5)39-30(37)19-27(34(39)43)38(46)20-29(48-4)26-18-31(39)40(38,47)35(26)50-6/h8-13,16-17,26-27,29-32,34-35,46-47H,7,14-15,18-21H2,1-6H3,(H,42,44)/b13-12+/t26-,27-,29+,30-,31+,32+,34?,35+,37-,38+,39+,40+/m1/s1. The van der Waals surface area contributed by atoms with E-state index in [0.717, 1.165) is 11.3 Å². The van der Waals surface area contributed by atoms with Crippen molar-refractivity contribution < 1.29 is 38.7 Å². The summed E-state index contributed by atoms with van der Waals surface area (Å²) in [5, 5.41) is 28.8. The Morgan fingerprint density at radius 3 is 2.55 bits per heavy atom. The number of methoxy groups -OCH3 is 3. The summed E-state index contributed by atoms with van der Waals surface area (Å²) in [7, 11) is 5.05. The van der Waals surface area contributed by atoms with E-state index in [4.69, 9.17) is 18.9 Å². The summed E-state index contributed by atoms with van der Waals surface area (Å²) >= 11 is 0. The van der Waals surface area contributed by atoms with E-state index in [9.17, 15) is 19.8 Å². The van der Waals surface area contributed by atoms with E-state index in [-0.39, 0.29) is 53.4 Å². The van der Waals surface area contributed by atoms with Gasteiger partial charge in [0.05, 0.1) is 35.3 Å². The lowest BCUT2D eigenvalue weighted by molar-refractivity contribution is -0.337. The van der Waals surface area contributed by atoms with Gasteiger partial charge in [-0.15, -0.1) is 0 Å². The van der Waals surface area contributed by atoms with Crippen LogP contribution in [-0.2, 0) is 23.7 Å². The number of likely N-dealkylation sites (N-methyl/N-ethyl adjacent to an activating group) is 1. The zero-order valence-corrected chi connectivity index (χ0v) is 30.4. The maximum atomic E-state index is 14.5. The van der Waals surface area contributed by atoms with Crippen LogP contribution in [0.3, 0.4) is 0 Å². The second-order valence-corrected chi connectivity index (χ2v) is 16.0. The van der Waals surface area contributed by atoms with E-state index in [2.05, 4.69) is 22.1 Å². The van der Waals surface area contributed by atoms with E-state index in [1.165, 1.54) is 6.08 Å². The number of carbonyl (C=O) groups excluding carboxylic acids is 2. The molecule has 3 N–H and O–H groups in total. The van der Waals surface area contributed by atoms with Crippen molar-refractivity contribution in [3.8, 4) is 0 Å². The Bertz CT molecular complexity index is 1750. The molecule has 0 radical (unpaired) electrons. The Kier molecular flexibility index (Phi) is 8.33. The Morgan fingerprint density at radius 2 is 1.84 bits per heavy atom. The van der Waals surface area contributed by atoms with Gasteiger partial charge >= 0.3 is 5.97 Å². The van der Waals surface area contributed by atoms with Crippen LogP contribution in [0.1, 0.15) is 66.3 Å². The topological polar surface area (TPSA) is 140 Å². The van der Waals surface area contributed by atoms with Crippen LogP contribution in [0, 0.1) is 42.9 Å². The number of nitrogens with zero attached hydrogens (tertiary/aromatic N) is 2. The number of likely N-dealkylation sites (tertiary alicyclic amines) is 1. The van der Waals surface area contributed by atoms with Gasteiger partial charge in [-0.05, 0) is 82.0 Å². The SMILES string of the molecule is CCN1C[C@]2(OC(=O)c3ccccc3NC(=O)/C=C/c3cc(C)cc(C)n3)CC[C@H](OC)[C@]34C1[C@@H](C[C@H]23)[C@@]1(O)C[C@H](OC)[C@H]2C[C@@H]4[C@]1(O)[C@H]2OC. The maximum Gasteiger partial charge on any atom is 0.340 e. The van der Waals surface area contributed by atoms with E-state index in [1.807, 2.05) is 26.0 Å². The number of aliphatic hydroxyl groups is 2. The zero-order chi connectivity index (χ0) is 36.1. The number of nitrogens with one attached hydrogen (secondary N) is 1. The van der Waals surface area contributed by atoms with Crippen LogP contribution < -0.4 is 5.32 Å². The first-order chi connectivity index (χ1) is 24.4. The Hall–Kier alpha value is -3.19. The lowest BCUT2D eigenvalue weighted by atomic mass is 9.44. The van der Waals surface area contributed by atoms with Gasteiger partial charge in [-0.25, -0.2) is 4.79 Å². The molecule has 1 saturated heterocycles. The van der Waals surface area contributed by atoms with Gasteiger partial charge in [0.1, 0.15) is 16.8 Å². The lowest BCUT2D eigenvalue weighted by Crippen LogP contribution is -2.83. The fourth-order valence-electron chi connectivity index (χ4n) is 12.7. The van der Waals surface area contributed by atoms with Gasteiger partial charge in [0, 0.05) is 81.2 Å². The number of benzene rings is 1. The first-order valence-corrected chi connectivity index (χ1v) is 18.5. The molecule has 2 heterocycles. The Balaban J connectivity index is 1.15. The van der Waals surface area contributed by atoms with E-state index < -0.39 is 34.3 Å². The molecule has 1 amide bonds. The minimum atomic E-state index is -1.50. The molecule has 8 rings (SSSR count). The van der Waals surface area contributed by atoms with Gasteiger partial charge in [0.25, 0.3) is 0 Å². The molecule has 11 nitrogen and oxygen atoms in total. The number of esters is 1. The summed E-state index contributed by atoms with van der Waals surface area (Å²) in [5.74, 6) is -1.82. The van der Waals surface area contributed by atoms with Gasteiger partial charge in [-0.2, -0.15) is 0 Å². The molecular weight excluding hydrogens is 650 g/mol. The van der Waals surface area contributed by atoms with Crippen LogP contribution in [0.15, 0.2) is 42.5 Å². The molecule has 1 unspecified atom stereocenters. The normalized spacial score (nSPS) is 41.9. The molecule has 2 aromatic rings. The fraction of sp³-hybridized carbons (Fsp3) is 0.625. The number of carbonyl (C=O) groups is 2. The van der Waals surface area contributed by atoms with Crippen molar-refractivity contribution in [1.82, 2.24) is 9.88 Å². The van der Waals surface area contributed by atoms with Crippen molar-refractivity contribution in [2.75, 3.05) is 39.7 Å². The molecule has 7 bridgehead atoms. The minimum absolute atomic E-state index is 0.0724. The van der Waals surface area contributed by atoms with Crippen molar-refractivity contribution in [3.63, 3.8) is 0 Å². The molecular formula is C40H51N3O8. The highest BCUT2D eigenvalue weighted by Crippen LogP contribution is 2.79. The quantitative estimate of drug-likeness (QED) is 0.261. The van der Waals surface area contributed by atoms with Gasteiger partial charge < -0.3 is 34.5 Å². The third-order valence-electron chi connectivity index (χ3n) is 14.1. The summed E-state index contributed by atoms with van der Waals surface area (Å²) in [4.78, 5) is 34.4. The predicted molar refractivity (Wildman–Crippen MR) is 189 cm³/mol. The number of fused-ring (bicyclic) bond motifs is 2. The smallest absolute Gasteiger partial charge is 0.340 e. The number of rotatable bonds is 9. The summed E-state index contributed by atoms with van der Waals surface area (Å²) < 4.78 is 25.3. The van der Waals surface area contributed by atoms with Gasteiger partial charge in [0.2, 0.25) is 5.91 Å². The average Bonchev–Trinajstić information content (AvgIpc) is 3.53. The largest absolute Gasteiger partial charge is 0.454 e. The maximum absolute atomic E-state index is 14.5. The highest BCUT2D eigenvalue weighted by molar-refractivity contribution is 6.06. The number of hydrogen-bond acceptors (Lipinski definition) is 10. The van der Waals surface area contributed by atoms with Gasteiger partial charge in [-0.1, -0.05) is 19.1 Å². The number of piperidine rings is 1. The molecule has 6 fully saturated rings. The number of aryl methyl sites for hydroxylation is 2. The molecule has 1 aliphatic heterocycles. The number of para-hydroxylation sites is 1. The number of anilines is 1. The van der Waals surface area contributed by atoms with Crippen LogP contribution >= 0.6 is 0 Å². The van der Waals surface area contributed by atoms with Gasteiger partial charge in [-0.3, -0.25) is 14.7 Å². The van der Waals surface area contributed by atoms with Crippen LogP contribution in [-0.4, -0.2) is 108 Å². The minimum Gasteiger partial charge on any atom is -0.454 e. The monoisotopic (exact) mass is 701 g/mol.